The Labute approximate surface area is 170 Å². The van der Waals surface area contributed by atoms with Crippen molar-refractivity contribution in [1.29, 1.82) is 0 Å². The van der Waals surface area contributed by atoms with E-state index >= 15 is 0 Å². The average Bonchev–Trinajstić information content (AvgIpc) is 2.77. The maximum absolute atomic E-state index is 12.9. The highest BCUT2D eigenvalue weighted by Crippen LogP contribution is 2.39. The normalized spacial score (nSPS) is 19.9. The van der Waals surface area contributed by atoms with Crippen molar-refractivity contribution in [2.75, 3.05) is 13.6 Å². The van der Waals surface area contributed by atoms with Gasteiger partial charge < -0.3 is 15.0 Å². The molecule has 0 aromatic rings. The molecule has 29 heavy (non-hydrogen) atoms. The van der Waals surface area contributed by atoms with E-state index in [0.29, 0.717) is 12.8 Å². The molecular weight excluding hydrogens is 380 g/mol. The molecule has 1 atom stereocenters. The molecule has 162 valence electrons. The van der Waals surface area contributed by atoms with Crippen molar-refractivity contribution < 1.29 is 28.7 Å². The molecule has 2 aliphatic rings. The van der Waals surface area contributed by atoms with E-state index in [4.69, 9.17) is 4.74 Å². The van der Waals surface area contributed by atoms with Crippen LogP contribution in [0.4, 0.5) is 9.59 Å². The Morgan fingerprint density at radius 3 is 2.28 bits per heavy atom. The molecular formula is C19H30N4O6. The highest BCUT2D eigenvalue weighted by atomic mass is 16.5. The first-order chi connectivity index (χ1) is 13.4. The van der Waals surface area contributed by atoms with Crippen LogP contribution in [-0.4, -0.2) is 70.4 Å². The van der Waals surface area contributed by atoms with Crippen LogP contribution >= 0.6 is 0 Å². The number of nitrogens with one attached hydrogen (secondary N) is 2. The summed E-state index contributed by atoms with van der Waals surface area (Å²) in [4.78, 5) is 63.7. The zero-order valence-electron chi connectivity index (χ0n) is 17.7. The SMILES string of the molecule is C[C@H](OC(=O)CN1C(=O)N(C)C2(CCCCC2)C1=O)C(=O)NC(=O)NC(C)(C)C. The monoisotopic (exact) mass is 410 g/mol. The second kappa shape index (κ2) is 8.38. The number of imide groups is 2. The van der Waals surface area contributed by atoms with Gasteiger partial charge in [-0.3, -0.25) is 24.6 Å². The van der Waals surface area contributed by atoms with E-state index in [9.17, 15) is 24.0 Å². The molecule has 1 spiro atoms. The first kappa shape index (κ1) is 22.6. The standard InChI is InChI=1S/C19H30N4O6/c1-12(14(25)20-16(27)21-18(2,3)4)29-13(24)11-23-15(26)19(22(5)17(23)28)9-7-6-8-10-19/h12H,6-11H2,1-5H3,(H2,20,21,25,27)/t12-/m0/s1. The highest BCUT2D eigenvalue weighted by Gasteiger charge is 2.56. The summed E-state index contributed by atoms with van der Waals surface area (Å²) in [5, 5.41) is 4.64. The van der Waals surface area contributed by atoms with Gasteiger partial charge in [-0.25, -0.2) is 9.59 Å². The molecule has 2 N–H and O–H groups in total. The zero-order chi connectivity index (χ0) is 22.0. The molecule has 2 rings (SSSR count). The van der Waals surface area contributed by atoms with Gasteiger partial charge in [-0.1, -0.05) is 19.3 Å². The minimum Gasteiger partial charge on any atom is -0.451 e. The quantitative estimate of drug-likeness (QED) is 0.529. The number of amides is 6. The van der Waals surface area contributed by atoms with Gasteiger partial charge in [0.1, 0.15) is 12.1 Å². The van der Waals surface area contributed by atoms with E-state index in [-0.39, 0.29) is 0 Å². The van der Waals surface area contributed by atoms with E-state index < -0.39 is 53.6 Å². The third kappa shape index (κ3) is 5.04. The zero-order valence-corrected chi connectivity index (χ0v) is 17.7. The molecule has 10 heteroatoms. The van der Waals surface area contributed by atoms with Gasteiger partial charge in [-0.15, -0.1) is 0 Å². The summed E-state index contributed by atoms with van der Waals surface area (Å²) >= 11 is 0. The van der Waals surface area contributed by atoms with Crippen LogP contribution in [0.2, 0.25) is 0 Å². The Morgan fingerprint density at radius 2 is 1.72 bits per heavy atom. The number of nitrogens with zero attached hydrogens (tertiary/aromatic N) is 2. The van der Waals surface area contributed by atoms with E-state index in [1.807, 2.05) is 0 Å². The summed E-state index contributed by atoms with van der Waals surface area (Å²) in [6.07, 6.45) is 2.57. The summed E-state index contributed by atoms with van der Waals surface area (Å²) < 4.78 is 5.02. The van der Waals surface area contributed by atoms with E-state index in [2.05, 4.69) is 10.6 Å². The lowest BCUT2D eigenvalue weighted by Crippen LogP contribution is -2.51. The van der Waals surface area contributed by atoms with Crippen molar-refractivity contribution in [3.8, 4) is 0 Å². The van der Waals surface area contributed by atoms with Crippen molar-refractivity contribution in [2.45, 2.75) is 77.0 Å². The van der Waals surface area contributed by atoms with E-state index in [0.717, 1.165) is 24.2 Å². The van der Waals surface area contributed by atoms with Crippen molar-refractivity contribution in [3.05, 3.63) is 0 Å². The molecule has 2 fully saturated rings. The Kier molecular flexibility index (Phi) is 6.54. The average molecular weight is 410 g/mol. The second-order valence-corrected chi connectivity index (χ2v) is 8.65. The van der Waals surface area contributed by atoms with Crippen molar-refractivity contribution in [3.63, 3.8) is 0 Å². The van der Waals surface area contributed by atoms with Crippen molar-refractivity contribution in [2.24, 2.45) is 0 Å². The van der Waals surface area contributed by atoms with Gasteiger partial charge in [0.15, 0.2) is 6.10 Å². The number of hydrogen-bond acceptors (Lipinski definition) is 6. The van der Waals surface area contributed by atoms with Crippen molar-refractivity contribution >= 4 is 29.8 Å². The molecule has 1 aliphatic heterocycles. The Balaban J connectivity index is 1.93. The largest absolute Gasteiger partial charge is 0.451 e. The number of likely N-dealkylation sites (N-methyl/N-ethyl adjacent to an activating group) is 1. The summed E-state index contributed by atoms with van der Waals surface area (Å²) in [5.74, 6) is -2.10. The van der Waals surface area contributed by atoms with Gasteiger partial charge in [0.05, 0.1) is 0 Å². The second-order valence-electron chi connectivity index (χ2n) is 8.65. The van der Waals surface area contributed by atoms with Gasteiger partial charge >= 0.3 is 18.0 Å². The van der Waals surface area contributed by atoms with Gasteiger partial charge in [-0.2, -0.15) is 0 Å². The molecule has 0 unspecified atom stereocenters. The van der Waals surface area contributed by atoms with Crippen LogP contribution in [0.15, 0.2) is 0 Å². The minimum absolute atomic E-state index is 0.400. The molecule has 0 aromatic carbocycles. The maximum Gasteiger partial charge on any atom is 0.327 e. The lowest BCUT2D eigenvalue weighted by atomic mass is 9.81. The topological polar surface area (TPSA) is 125 Å². The smallest absolute Gasteiger partial charge is 0.327 e. The maximum atomic E-state index is 12.9. The van der Waals surface area contributed by atoms with Crippen LogP contribution in [0.25, 0.3) is 0 Å². The molecule has 6 amide bonds. The number of hydrogen-bond donors (Lipinski definition) is 2. The fraction of sp³-hybridized carbons (Fsp3) is 0.737. The Bertz CT molecular complexity index is 708. The predicted octanol–water partition coefficient (Wildman–Crippen LogP) is 1.14. The first-order valence-corrected chi connectivity index (χ1v) is 9.80. The molecule has 1 heterocycles. The first-order valence-electron chi connectivity index (χ1n) is 9.80. The molecule has 0 radical (unpaired) electrons. The number of urea groups is 2. The van der Waals surface area contributed by atoms with Crippen LogP contribution < -0.4 is 10.6 Å². The van der Waals surface area contributed by atoms with Crippen LogP contribution in [0, 0.1) is 0 Å². The van der Waals surface area contributed by atoms with Crippen LogP contribution in [0.3, 0.4) is 0 Å². The van der Waals surface area contributed by atoms with Crippen LogP contribution in [-0.2, 0) is 19.1 Å². The molecule has 1 saturated carbocycles. The fourth-order valence-corrected chi connectivity index (χ4v) is 3.67. The van der Waals surface area contributed by atoms with Crippen LogP contribution in [0.1, 0.15) is 59.8 Å². The highest BCUT2D eigenvalue weighted by molar-refractivity contribution is 6.08. The third-order valence-corrected chi connectivity index (χ3v) is 5.17. The van der Waals surface area contributed by atoms with E-state index in [1.54, 1.807) is 27.8 Å². The Morgan fingerprint density at radius 1 is 1.14 bits per heavy atom. The third-order valence-electron chi connectivity index (χ3n) is 5.17. The van der Waals surface area contributed by atoms with Gasteiger partial charge in [-0.05, 0) is 40.5 Å². The molecule has 0 aromatic heterocycles. The summed E-state index contributed by atoms with van der Waals surface area (Å²) in [5.41, 5.74) is -1.43. The number of carbonyl (C=O) groups excluding carboxylic acids is 5. The summed E-state index contributed by atoms with van der Waals surface area (Å²) in [7, 11) is 1.57. The lowest BCUT2D eigenvalue weighted by molar-refractivity contribution is -0.156. The Hall–Kier alpha value is -2.65. The predicted molar refractivity (Wildman–Crippen MR) is 103 cm³/mol. The molecule has 1 aliphatic carbocycles. The van der Waals surface area contributed by atoms with Gasteiger partial charge in [0.25, 0.3) is 11.8 Å². The number of ether oxygens (including phenoxy) is 1. The van der Waals surface area contributed by atoms with E-state index in [1.165, 1.54) is 11.8 Å². The number of rotatable bonds is 4. The number of esters is 1. The number of carbonyl (C=O) groups is 5. The van der Waals surface area contributed by atoms with Crippen LogP contribution in [0.5, 0.6) is 0 Å². The van der Waals surface area contributed by atoms with Crippen molar-refractivity contribution in [1.82, 2.24) is 20.4 Å². The minimum atomic E-state index is -1.26. The summed E-state index contributed by atoms with van der Waals surface area (Å²) in [6.45, 7) is 5.98. The molecule has 1 saturated heterocycles. The molecule has 10 nitrogen and oxygen atoms in total. The summed E-state index contributed by atoms with van der Waals surface area (Å²) in [6, 6.07) is -1.26. The molecule has 0 bridgehead atoms. The lowest BCUT2D eigenvalue weighted by Gasteiger charge is -2.35. The van der Waals surface area contributed by atoms with Gasteiger partial charge in [0, 0.05) is 12.6 Å². The fourth-order valence-electron chi connectivity index (χ4n) is 3.67. The van der Waals surface area contributed by atoms with Gasteiger partial charge in [0.2, 0.25) is 0 Å².